The van der Waals surface area contributed by atoms with E-state index in [0.717, 1.165) is 38.5 Å². The second-order valence-electron chi connectivity index (χ2n) is 6.09. The second-order valence-corrected chi connectivity index (χ2v) is 6.09. The summed E-state index contributed by atoms with van der Waals surface area (Å²) >= 11 is 0. The average Bonchev–Trinajstić information content (AvgIpc) is 2.47. The minimum Gasteiger partial charge on any atom is -0.465 e. The van der Waals surface area contributed by atoms with Gasteiger partial charge >= 0.3 is 11.9 Å². The highest BCUT2D eigenvalue weighted by atomic mass is 16.5. The standard InChI is InChI=1S/C17H32O4/c1-5-8-10-15(18)20-13-17(4,12-7-3)14-21-16(19)11-9-6-2/h5-14H2,1-4H3. The Morgan fingerprint density at radius 3 is 1.57 bits per heavy atom. The lowest BCUT2D eigenvalue weighted by Crippen LogP contribution is -2.31. The van der Waals surface area contributed by atoms with E-state index in [9.17, 15) is 9.59 Å². The van der Waals surface area contributed by atoms with Crippen LogP contribution in [0.5, 0.6) is 0 Å². The molecule has 124 valence electrons. The smallest absolute Gasteiger partial charge is 0.305 e. The maximum absolute atomic E-state index is 11.6. The molecule has 4 nitrogen and oxygen atoms in total. The van der Waals surface area contributed by atoms with Gasteiger partial charge in [-0.15, -0.1) is 0 Å². The third kappa shape index (κ3) is 10.3. The zero-order chi connectivity index (χ0) is 16.1. The zero-order valence-corrected chi connectivity index (χ0v) is 14.2. The lowest BCUT2D eigenvalue weighted by Gasteiger charge is -2.28. The molecule has 0 aromatic rings. The number of unbranched alkanes of at least 4 members (excludes halogenated alkanes) is 2. The number of hydrogen-bond donors (Lipinski definition) is 0. The molecular weight excluding hydrogens is 268 g/mol. The first-order valence-electron chi connectivity index (χ1n) is 8.28. The highest BCUT2D eigenvalue weighted by Gasteiger charge is 2.27. The summed E-state index contributed by atoms with van der Waals surface area (Å²) in [6.45, 7) is 8.83. The lowest BCUT2D eigenvalue weighted by atomic mass is 9.87. The van der Waals surface area contributed by atoms with Gasteiger partial charge in [-0.2, -0.15) is 0 Å². The van der Waals surface area contributed by atoms with Gasteiger partial charge in [0.25, 0.3) is 0 Å². The van der Waals surface area contributed by atoms with Gasteiger partial charge in [-0.05, 0) is 19.3 Å². The van der Waals surface area contributed by atoms with Crippen molar-refractivity contribution in [2.24, 2.45) is 5.41 Å². The third-order valence-electron chi connectivity index (χ3n) is 3.49. The molecule has 0 unspecified atom stereocenters. The van der Waals surface area contributed by atoms with Crippen molar-refractivity contribution >= 4 is 11.9 Å². The Hall–Kier alpha value is -1.06. The number of carbonyl (C=O) groups is 2. The summed E-state index contributed by atoms with van der Waals surface area (Å²) in [7, 11) is 0. The number of esters is 2. The highest BCUT2D eigenvalue weighted by Crippen LogP contribution is 2.25. The Balaban J connectivity index is 4.21. The summed E-state index contributed by atoms with van der Waals surface area (Å²) in [5.74, 6) is -0.312. The van der Waals surface area contributed by atoms with Crippen LogP contribution in [0.25, 0.3) is 0 Å². The molecule has 0 saturated carbocycles. The first kappa shape index (κ1) is 19.9. The maximum atomic E-state index is 11.6. The Morgan fingerprint density at radius 1 is 0.810 bits per heavy atom. The molecule has 0 rings (SSSR count). The van der Waals surface area contributed by atoms with Crippen LogP contribution in [-0.2, 0) is 19.1 Å². The predicted molar refractivity (Wildman–Crippen MR) is 84.0 cm³/mol. The summed E-state index contributed by atoms with van der Waals surface area (Å²) in [4.78, 5) is 23.2. The number of ether oxygens (including phenoxy) is 2. The molecule has 0 N–H and O–H groups in total. The predicted octanol–water partition coefficient (Wildman–Crippen LogP) is 4.26. The molecule has 0 aromatic heterocycles. The molecule has 0 fully saturated rings. The van der Waals surface area contributed by atoms with Crippen molar-refractivity contribution in [3.05, 3.63) is 0 Å². The minimum absolute atomic E-state index is 0.156. The van der Waals surface area contributed by atoms with Gasteiger partial charge in [0.05, 0.1) is 13.2 Å². The van der Waals surface area contributed by atoms with Gasteiger partial charge in [0, 0.05) is 18.3 Å². The van der Waals surface area contributed by atoms with Crippen LogP contribution >= 0.6 is 0 Å². The van der Waals surface area contributed by atoms with E-state index in [1.165, 1.54) is 0 Å². The SMILES string of the molecule is CCCCC(=O)OCC(C)(CCC)COC(=O)CCCC. The van der Waals surface area contributed by atoms with Gasteiger partial charge in [0.1, 0.15) is 0 Å². The molecule has 0 aliphatic carbocycles. The van der Waals surface area contributed by atoms with E-state index >= 15 is 0 Å². The largest absolute Gasteiger partial charge is 0.465 e. The highest BCUT2D eigenvalue weighted by molar-refractivity contribution is 5.69. The van der Waals surface area contributed by atoms with E-state index in [1.54, 1.807) is 0 Å². The number of rotatable bonds is 12. The first-order valence-corrected chi connectivity index (χ1v) is 8.28. The Kier molecular flexibility index (Phi) is 11.0. The van der Waals surface area contributed by atoms with Crippen molar-refractivity contribution in [2.45, 2.75) is 79.1 Å². The average molecular weight is 300 g/mol. The molecule has 0 atom stereocenters. The molecule has 0 aromatic carbocycles. The monoisotopic (exact) mass is 300 g/mol. The molecule has 0 aliphatic rings. The maximum Gasteiger partial charge on any atom is 0.305 e. The van der Waals surface area contributed by atoms with E-state index in [4.69, 9.17) is 9.47 Å². The summed E-state index contributed by atoms with van der Waals surface area (Å²) in [6, 6.07) is 0. The summed E-state index contributed by atoms with van der Waals surface area (Å²) in [6.07, 6.45) is 6.45. The van der Waals surface area contributed by atoms with Crippen LogP contribution in [0, 0.1) is 5.41 Å². The van der Waals surface area contributed by atoms with Crippen LogP contribution < -0.4 is 0 Å². The number of hydrogen-bond acceptors (Lipinski definition) is 4. The van der Waals surface area contributed by atoms with Crippen LogP contribution in [0.1, 0.15) is 79.1 Å². The van der Waals surface area contributed by atoms with Gasteiger partial charge in [0.15, 0.2) is 0 Å². The Morgan fingerprint density at radius 2 is 1.24 bits per heavy atom. The van der Waals surface area contributed by atoms with E-state index in [-0.39, 0.29) is 17.4 Å². The first-order chi connectivity index (χ1) is 9.97. The van der Waals surface area contributed by atoms with Gasteiger partial charge in [-0.3, -0.25) is 9.59 Å². The number of carbonyl (C=O) groups excluding carboxylic acids is 2. The molecule has 21 heavy (non-hydrogen) atoms. The quantitative estimate of drug-likeness (QED) is 0.505. The summed E-state index contributed by atoms with van der Waals surface area (Å²) < 4.78 is 10.7. The fraction of sp³-hybridized carbons (Fsp3) is 0.882. The zero-order valence-electron chi connectivity index (χ0n) is 14.2. The van der Waals surface area contributed by atoms with Crippen molar-refractivity contribution in [3.63, 3.8) is 0 Å². The Labute approximate surface area is 129 Å². The van der Waals surface area contributed by atoms with Crippen LogP contribution in [0.4, 0.5) is 0 Å². The third-order valence-corrected chi connectivity index (χ3v) is 3.49. The van der Waals surface area contributed by atoms with Crippen molar-refractivity contribution in [3.8, 4) is 0 Å². The van der Waals surface area contributed by atoms with E-state index in [2.05, 4.69) is 6.92 Å². The molecule has 0 bridgehead atoms. The van der Waals surface area contributed by atoms with Gasteiger partial charge in [-0.25, -0.2) is 0 Å². The fourth-order valence-corrected chi connectivity index (χ4v) is 2.09. The van der Waals surface area contributed by atoms with Crippen molar-refractivity contribution in [2.75, 3.05) is 13.2 Å². The van der Waals surface area contributed by atoms with E-state index in [1.807, 2.05) is 20.8 Å². The normalized spacial score (nSPS) is 11.2. The van der Waals surface area contributed by atoms with Crippen molar-refractivity contribution in [1.29, 1.82) is 0 Å². The van der Waals surface area contributed by atoms with Gasteiger partial charge < -0.3 is 9.47 Å². The fourth-order valence-electron chi connectivity index (χ4n) is 2.09. The summed E-state index contributed by atoms with van der Waals surface area (Å²) in [5, 5.41) is 0. The van der Waals surface area contributed by atoms with Crippen LogP contribution in [0.2, 0.25) is 0 Å². The molecule has 0 amide bonds. The van der Waals surface area contributed by atoms with Gasteiger partial charge in [-0.1, -0.05) is 47.0 Å². The van der Waals surface area contributed by atoms with E-state index < -0.39 is 0 Å². The van der Waals surface area contributed by atoms with Crippen molar-refractivity contribution < 1.29 is 19.1 Å². The lowest BCUT2D eigenvalue weighted by molar-refractivity contribution is -0.153. The second kappa shape index (κ2) is 11.6. The van der Waals surface area contributed by atoms with Crippen LogP contribution in [0.3, 0.4) is 0 Å². The molecule has 4 heteroatoms. The molecule has 0 saturated heterocycles. The molecule has 0 radical (unpaired) electrons. The summed E-state index contributed by atoms with van der Waals surface area (Å²) in [5.41, 5.74) is -0.279. The van der Waals surface area contributed by atoms with Crippen molar-refractivity contribution in [1.82, 2.24) is 0 Å². The van der Waals surface area contributed by atoms with Crippen LogP contribution in [0.15, 0.2) is 0 Å². The van der Waals surface area contributed by atoms with E-state index in [0.29, 0.717) is 26.1 Å². The topological polar surface area (TPSA) is 52.6 Å². The molecular formula is C17H32O4. The van der Waals surface area contributed by atoms with Crippen LogP contribution in [-0.4, -0.2) is 25.2 Å². The van der Waals surface area contributed by atoms with Gasteiger partial charge in [0.2, 0.25) is 0 Å². The Bertz CT molecular complexity index is 275. The molecule has 0 heterocycles. The molecule has 0 aliphatic heterocycles. The molecule has 0 spiro atoms. The minimum atomic E-state index is -0.279.